The van der Waals surface area contributed by atoms with Crippen molar-refractivity contribution in [2.45, 2.75) is 12.5 Å². The molecule has 0 amide bonds. The van der Waals surface area contributed by atoms with E-state index in [1.54, 1.807) is 0 Å². The van der Waals surface area contributed by atoms with E-state index in [0.29, 0.717) is 5.69 Å². The van der Waals surface area contributed by atoms with Crippen LogP contribution in [0.15, 0.2) is 60.9 Å². The molecule has 0 bridgehead atoms. The number of halogens is 6. The SMILES string of the molecule is FC(F)(F)Oc1ccc(Nc2cc(-c3cccc(C(F)(F)F)c3)ncn2)cc1. The highest BCUT2D eigenvalue weighted by Gasteiger charge is 2.31. The summed E-state index contributed by atoms with van der Waals surface area (Å²) in [4.78, 5) is 7.92. The maximum atomic E-state index is 12.9. The van der Waals surface area contributed by atoms with Crippen molar-refractivity contribution in [1.29, 1.82) is 0 Å². The molecule has 0 aliphatic carbocycles. The van der Waals surface area contributed by atoms with Crippen LogP contribution in [0, 0.1) is 0 Å². The van der Waals surface area contributed by atoms with Crippen molar-refractivity contribution in [2.75, 3.05) is 5.32 Å². The van der Waals surface area contributed by atoms with Crippen molar-refractivity contribution in [3.8, 4) is 17.0 Å². The van der Waals surface area contributed by atoms with Crippen LogP contribution in [0.5, 0.6) is 5.75 Å². The molecule has 0 atom stereocenters. The number of nitrogens with zero attached hydrogens (tertiary/aromatic N) is 2. The average Bonchev–Trinajstić information content (AvgIpc) is 2.62. The summed E-state index contributed by atoms with van der Waals surface area (Å²) in [6.45, 7) is 0. The summed E-state index contributed by atoms with van der Waals surface area (Å²) in [6, 6.07) is 11.0. The highest BCUT2D eigenvalue weighted by atomic mass is 19.4. The maximum Gasteiger partial charge on any atom is 0.573 e. The molecule has 4 nitrogen and oxygen atoms in total. The monoisotopic (exact) mass is 399 g/mol. The van der Waals surface area contributed by atoms with Crippen molar-refractivity contribution in [3.63, 3.8) is 0 Å². The Labute approximate surface area is 154 Å². The second-order valence-corrected chi connectivity index (χ2v) is 5.56. The first-order chi connectivity index (χ1) is 13.1. The van der Waals surface area contributed by atoms with E-state index in [4.69, 9.17) is 0 Å². The third kappa shape index (κ3) is 5.12. The fraction of sp³-hybridized carbons (Fsp3) is 0.111. The van der Waals surface area contributed by atoms with Crippen molar-refractivity contribution < 1.29 is 31.1 Å². The molecule has 0 saturated heterocycles. The lowest BCUT2D eigenvalue weighted by molar-refractivity contribution is -0.274. The Balaban J connectivity index is 1.79. The minimum atomic E-state index is -4.79. The number of anilines is 2. The van der Waals surface area contributed by atoms with Gasteiger partial charge in [0.1, 0.15) is 17.9 Å². The molecule has 1 heterocycles. The molecule has 0 saturated carbocycles. The van der Waals surface area contributed by atoms with Crippen molar-refractivity contribution in [2.24, 2.45) is 0 Å². The van der Waals surface area contributed by atoms with Crippen LogP contribution in [0.2, 0.25) is 0 Å². The maximum absolute atomic E-state index is 12.9. The lowest BCUT2D eigenvalue weighted by atomic mass is 10.1. The van der Waals surface area contributed by atoms with Crippen LogP contribution in [0.3, 0.4) is 0 Å². The van der Waals surface area contributed by atoms with Gasteiger partial charge in [0, 0.05) is 17.3 Å². The molecule has 0 aliphatic rings. The van der Waals surface area contributed by atoms with Gasteiger partial charge < -0.3 is 10.1 Å². The molecule has 0 aliphatic heterocycles. The molecule has 1 N–H and O–H groups in total. The second-order valence-electron chi connectivity index (χ2n) is 5.56. The summed E-state index contributed by atoms with van der Waals surface area (Å²) < 4.78 is 78.9. The average molecular weight is 399 g/mol. The number of alkyl halides is 6. The third-order valence-corrected chi connectivity index (χ3v) is 3.51. The third-order valence-electron chi connectivity index (χ3n) is 3.51. The first kappa shape index (κ1) is 19.5. The first-order valence-electron chi connectivity index (χ1n) is 7.73. The van der Waals surface area contributed by atoms with Crippen LogP contribution in [0.1, 0.15) is 5.56 Å². The Morgan fingerprint density at radius 3 is 2.18 bits per heavy atom. The van der Waals surface area contributed by atoms with Gasteiger partial charge >= 0.3 is 12.5 Å². The fourth-order valence-electron chi connectivity index (χ4n) is 2.33. The van der Waals surface area contributed by atoms with Crippen LogP contribution in [-0.4, -0.2) is 16.3 Å². The van der Waals surface area contributed by atoms with Gasteiger partial charge in [-0.15, -0.1) is 13.2 Å². The summed E-state index contributed by atoms with van der Waals surface area (Å²) in [7, 11) is 0. The molecular formula is C18H11F6N3O. The quantitative estimate of drug-likeness (QED) is 0.563. The topological polar surface area (TPSA) is 47.0 Å². The Bertz CT molecular complexity index is 955. The van der Waals surface area contributed by atoms with E-state index in [1.165, 1.54) is 36.7 Å². The largest absolute Gasteiger partial charge is 0.573 e. The van der Waals surface area contributed by atoms with E-state index in [0.717, 1.165) is 24.3 Å². The molecule has 3 rings (SSSR count). The zero-order valence-corrected chi connectivity index (χ0v) is 13.8. The lowest BCUT2D eigenvalue weighted by Gasteiger charge is -2.11. The van der Waals surface area contributed by atoms with E-state index >= 15 is 0 Å². The summed E-state index contributed by atoms with van der Waals surface area (Å²) in [5.74, 6) is -0.128. The number of benzene rings is 2. The van der Waals surface area contributed by atoms with Gasteiger partial charge in [-0.2, -0.15) is 13.2 Å². The molecule has 28 heavy (non-hydrogen) atoms. The van der Waals surface area contributed by atoms with Crippen molar-refractivity contribution >= 4 is 11.5 Å². The second kappa shape index (κ2) is 7.37. The predicted molar refractivity (Wildman–Crippen MR) is 88.9 cm³/mol. The van der Waals surface area contributed by atoms with Gasteiger partial charge in [-0.25, -0.2) is 9.97 Å². The van der Waals surface area contributed by atoms with Gasteiger partial charge in [-0.1, -0.05) is 12.1 Å². The molecule has 146 valence electrons. The smallest absolute Gasteiger partial charge is 0.406 e. The van der Waals surface area contributed by atoms with Gasteiger partial charge in [0.05, 0.1) is 11.3 Å². The molecule has 2 aromatic carbocycles. The molecule has 1 aromatic heterocycles. The molecule has 3 aromatic rings. The van der Waals surface area contributed by atoms with E-state index in [2.05, 4.69) is 20.0 Å². The molecule has 0 fully saturated rings. The number of rotatable bonds is 4. The first-order valence-corrected chi connectivity index (χ1v) is 7.73. The normalized spacial score (nSPS) is 11.9. The number of ether oxygens (including phenoxy) is 1. The molecule has 10 heteroatoms. The Morgan fingerprint density at radius 2 is 1.54 bits per heavy atom. The zero-order valence-electron chi connectivity index (χ0n) is 13.8. The van der Waals surface area contributed by atoms with Crippen LogP contribution in [0.25, 0.3) is 11.3 Å². The predicted octanol–water partition coefficient (Wildman–Crippen LogP) is 5.80. The molecule has 0 spiro atoms. The molecule has 0 unspecified atom stereocenters. The lowest BCUT2D eigenvalue weighted by Crippen LogP contribution is -2.16. The number of nitrogens with one attached hydrogen (secondary N) is 1. The Morgan fingerprint density at radius 1 is 0.821 bits per heavy atom. The van der Waals surface area contributed by atoms with Gasteiger partial charge in [0.25, 0.3) is 0 Å². The highest BCUT2D eigenvalue weighted by Crippen LogP contribution is 2.32. The zero-order chi connectivity index (χ0) is 20.4. The van der Waals surface area contributed by atoms with Gasteiger partial charge in [0.15, 0.2) is 0 Å². The Kier molecular flexibility index (Phi) is 5.12. The van der Waals surface area contributed by atoms with E-state index < -0.39 is 18.1 Å². The summed E-state index contributed by atoms with van der Waals surface area (Å²) in [6.07, 6.45) is -8.11. The van der Waals surface area contributed by atoms with E-state index in [-0.39, 0.29) is 22.8 Å². The van der Waals surface area contributed by atoms with Crippen LogP contribution in [0.4, 0.5) is 37.8 Å². The van der Waals surface area contributed by atoms with Gasteiger partial charge in [0.2, 0.25) is 0 Å². The minimum absolute atomic E-state index is 0.245. The van der Waals surface area contributed by atoms with Crippen LogP contribution in [-0.2, 0) is 6.18 Å². The summed E-state index contributed by atoms with van der Waals surface area (Å²) in [5, 5.41) is 2.84. The van der Waals surface area contributed by atoms with Crippen molar-refractivity contribution in [3.05, 3.63) is 66.5 Å². The van der Waals surface area contributed by atoms with E-state index in [9.17, 15) is 26.3 Å². The van der Waals surface area contributed by atoms with Gasteiger partial charge in [-0.05, 0) is 36.4 Å². The number of hydrogen-bond acceptors (Lipinski definition) is 4. The summed E-state index contributed by atoms with van der Waals surface area (Å²) in [5.41, 5.74) is 0.0939. The van der Waals surface area contributed by atoms with E-state index in [1.807, 2.05) is 0 Å². The Hall–Kier alpha value is -3.30. The minimum Gasteiger partial charge on any atom is -0.406 e. The molecular weight excluding hydrogens is 388 g/mol. The summed E-state index contributed by atoms with van der Waals surface area (Å²) >= 11 is 0. The number of hydrogen-bond donors (Lipinski definition) is 1. The van der Waals surface area contributed by atoms with Crippen molar-refractivity contribution in [1.82, 2.24) is 9.97 Å². The van der Waals surface area contributed by atoms with Crippen LogP contribution >= 0.6 is 0 Å². The highest BCUT2D eigenvalue weighted by molar-refractivity contribution is 5.66. The van der Waals surface area contributed by atoms with Crippen LogP contribution < -0.4 is 10.1 Å². The number of aromatic nitrogens is 2. The van der Waals surface area contributed by atoms with Gasteiger partial charge in [-0.3, -0.25) is 0 Å². The fourth-order valence-corrected chi connectivity index (χ4v) is 2.33. The standard InChI is InChI=1S/C18H11F6N3O/c19-17(20,21)12-3-1-2-11(8-12)15-9-16(26-10-25-15)27-13-4-6-14(7-5-13)28-18(22,23)24/h1-10H,(H,25,26,27). The molecule has 0 radical (unpaired) electrons.